The average molecular weight is 291 g/mol. The second-order valence-corrected chi connectivity index (χ2v) is 5.42. The van der Waals surface area contributed by atoms with Crippen molar-refractivity contribution in [2.24, 2.45) is 0 Å². The van der Waals surface area contributed by atoms with Gasteiger partial charge >= 0.3 is 6.03 Å². The quantitative estimate of drug-likeness (QED) is 0.686. The van der Waals surface area contributed by atoms with Crippen LogP contribution >= 0.6 is 0 Å². The summed E-state index contributed by atoms with van der Waals surface area (Å²) in [6.07, 6.45) is 4.42. The number of carbonyl (C=O) groups excluding carboxylic acids is 1. The summed E-state index contributed by atoms with van der Waals surface area (Å²) in [5.74, 6) is 0. The van der Waals surface area contributed by atoms with E-state index < -0.39 is 4.92 Å². The van der Waals surface area contributed by atoms with E-state index in [1.807, 2.05) is 11.8 Å². The number of carbonyl (C=O) groups is 1. The first-order chi connectivity index (χ1) is 10.1. The standard InChI is InChI=1S/C15H21N3O3/c1-12(13-7-6-8-14(11-13)18(20)21)16-15(19)17-9-4-2-3-5-10-17/h6-8,11-12H,2-5,9-10H2,1H3,(H,16,19). The Hall–Kier alpha value is -2.11. The van der Waals surface area contributed by atoms with Crippen molar-refractivity contribution < 1.29 is 9.72 Å². The lowest BCUT2D eigenvalue weighted by atomic mass is 10.1. The SMILES string of the molecule is CC(NC(=O)N1CCCCCC1)c1cccc([N+](=O)[O-])c1. The number of amides is 2. The molecule has 2 rings (SSSR count). The summed E-state index contributed by atoms with van der Waals surface area (Å²) in [7, 11) is 0. The zero-order valence-electron chi connectivity index (χ0n) is 12.2. The van der Waals surface area contributed by atoms with E-state index in [2.05, 4.69) is 5.32 Å². The van der Waals surface area contributed by atoms with Crippen LogP contribution in [0, 0.1) is 10.1 Å². The Bertz CT molecular complexity index is 511. The van der Waals surface area contributed by atoms with E-state index in [0.29, 0.717) is 0 Å². The number of benzene rings is 1. The number of nitro groups is 1. The molecule has 1 fully saturated rings. The maximum Gasteiger partial charge on any atom is 0.317 e. The molecule has 2 amide bonds. The molecule has 1 aromatic rings. The zero-order valence-corrected chi connectivity index (χ0v) is 12.2. The second kappa shape index (κ2) is 7.06. The fourth-order valence-corrected chi connectivity index (χ4v) is 2.54. The van der Waals surface area contributed by atoms with Gasteiger partial charge in [0.15, 0.2) is 0 Å². The molecule has 1 heterocycles. The Morgan fingerprint density at radius 3 is 2.57 bits per heavy atom. The van der Waals surface area contributed by atoms with Crippen molar-refractivity contribution in [3.8, 4) is 0 Å². The number of nitro benzene ring substituents is 1. The molecular formula is C15H21N3O3. The van der Waals surface area contributed by atoms with Gasteiger partial charge in [0.2, 0.25) is 0 Å². The number of nitrogens with one attached hydrogen (secondary N) is 1. The second-order valence-electron chi connectivity index (χ2n) is 5.42. The van der Waals surface area contributed by atoms with E-state index in [0.717, 1.165) is 31.5 Å². The number of likely N-dealkylation sites (tertiary alicyclic amines) is 1. The van der Waals surface area contributed by atoms with Crippen molar-refractivity contribution in [3.63, 3.8) is 0 Å². The van der Waals surface area contributed by atoms with E-state index in [4.69, 9.17) is 0 Å². The first-order valence-electron chi connectivity index (χ1n) is 7.38. The Kier molecular flexibility index (Phi) is 5.14. The van der Waals surface area contributed by atoms with Crippen LogP contribution in [0.25, 0.3) is 0 Å². The number of nitrogens with zero attached hydrogens (tertiary/aromatic N) is 2. The van der Waals surface area contributed by atoms with Crippen LogP contribution in [0.3, 0.4) is 0 Å². The lowest BCUT2D eigenvalue weighted by molar-refractivity contribution is -0.384. The minimum absolute atomic E-state index is 0.0448. The molecule has 0 aliphatic carbocycles. The molecule has 1 atom stereocenters. The summed E-state index contributed by atoms with van der Waals surface area (Å²) in [6.45, 7) is 3.41. The fourth-order valence-electron chi connectivity index (χ4n) is 2.54. The maximum atomic E-state index is 12.2. The predicted octanol–water partition coefficient (Wildman–Crippen LogP) is 3.24. The highest BCUT2D eigenvalue weighted by molar-refractivity contribution is 5.74. The maximum absolute atomic E-state index is 12.2. The summed E-state index contributed by atoms with van der Waals surface area (Å²) in [4.78, 5) is 24.4. The average Bonchev–Trinajstić information content (AvgIpc) is 2.76. The van der Waals surface area contributed by atoms with E-state index in [1.54, 1.807) is 12.1 Å². The minimum atomic E-state index is -0.424. The first-order valence-corrected chi connectivity index (χ1v) is 7.38. The molecule has 1 aliphatic rings. The summed E-state index contributed by atoms with van der Waals surface area (Å²) in [5.41, 5.74) is 0.788. The molecule has 0 aromatic heterocycles. The fraction of sp³-hybridized carbons (Fsp3) is 0.533. The molecule has 0 radical (unpaired) electrons. The van der Waals surface area contributed by atoms with Crippen molar-refractivity contribution in [2.75, 3.05) is 13.1 Å². The highest BCUT2D eigenvalue weighted by Gasteiger charge is 2.18. The molecule has 21 heavy (non-hydrogen) atoms. The summed E-state index contributed by atoms with van der Waals surface area (Å²) < 4.78 is 0. The summed E-state index contributed by atoms with van der Waals surface area (Å²) in [5, 5.41) is 13.7. The van der Waals surface area contributed by atoms with Gasteiger partial charge in [0.05, 0.1) is 11.0 Å². The third-order valence-electron chi connectivity index (χ3n) is 3.81. The van der Waals surface area contributed by atoms with Gasteiger partial charge in [-0.1, -0.05) is 25.0 Å². The van der Waals surface area contributed by atoms with Crippen LogP contribution in [0.1, 0.15) is 44.2 Å². The zero-order chi connectivity index (χ0) is 15.2. The van der Waals surface area contributed by atoms with E-state index >= 15 is 0 Å². The topological polar surface area (TPSA) is 75.5 Å². The van der Waals surface area contributed by atoms with Crippen LogP contribution < -0.4 is 5.32 Å². The molecule has 6 heteroatoms. The molecule has 0 bridgehead atoms. The normalized spacial score (nSPS) is 16.9. The van der Waals surface area contributed by atoms with Gasteiger partial charge in [0.1, 0.15) is 0 Å². The van der Waals surface area contributed by atoms with Crippen molar-refractivity contribution >= 4 is 11.7 Å². The molecule has 6 nitrogen and oxygen atoms in total. The Labute approximate surface area is 124 Å². The number of urea groups is 1. The van der Waals surface area contributed by atoms with Crippen LogP contribution in [-0.4, -0.2) is 28.9 Å². The van der Waals surface area contributed by atoms with Crippen LogP contribution in [0.2, 0.25) is 0 Å². The van der Waals surface area contributed by atoms with E-state index in [1.165, 1.54) is 25.0 Å². The minimum Gasteiger partial charge on any atom is -0.331 e. The van der Waals surface area contributed by atoms with Crippen molar-refractivity contribution in [3.05, 3.63) is 39.9 Å². The third-order valence-corrected chi connectivity index (χ3v) is 3.81. The number of hydrogen-bond donors (Lipinski definition) is 1. The van der Waals surface area contributed by atoms with Gasteiger partial charge in [0.25, 0.3) is 5.69 Å². The van der Waals surface area contributed by atoms with Crippen LogP contribution in [0.15, 0.2) is 24.3 Å². The molecule has 1 unspecified atom stereocenters. The van der Waals surface area contributed by atoms with Crippen molar-refractivity contribution in [1.29, 1.82) is 0 Å². The monoisotopic (exact) mass is 291 g/mol. The first kappa shape index (κ1) is 15.3. The van der Waals surface area contributed by atoms with E-state index in [9.17, 15) is 14.9 Å². The van der Waals surface area contributed by atoms with E-state index in [-0.39, 0.29) is 17.8 Å². The Balaban J connectivity index is 1.99. The van der Waals surface area contributed by atoms with Crippen LogP contribution in [0.4, 0.5) is 10.5 Å². The smallest absolute Gasteiger partial charge is 0.317 e. The lowest BCUT2D eigenvalue weighted by Gasteiger charge is -2.23. The van der Waals surface area contributed by atoms with Crippen LogP contribution in [-0.2, 0) is 0 Å². The van der Waals surface area contributed by atoms with Gasteiger partial charge in [-0.2, -0.15) is 0 Å². The number of rotatable bonds is 3. The summed E-state index contributed by atoms with van der Waals surface area (Å²) >= 11 is 0. The highest BCUT2D eigenvalue weighted by atomic mass is 16.6. The molecule has 1 N–H and O–H groups in total. The lowest BCUT2D eigenvalue weighted by Crippen LogP contribution is -2.41. The van der Waals surface area contributed by atoms with Gasteiger partial charge in [-0.25, -0.2) is 4.79 Å². The third kappa shape index (κ3) is 4.18. The Morgan fingerprint density at radius 2 is 1.95 bits per heavy atom. The molecule has 1 aromatic carbocycles. The van der Waals surface area contributed by atoms with Gasteiger partial charge in [-0.3, -0.25) is 10.1 Å². The summed E-state index contributed by atoms with van der Waals surface area (Å²) in [6, 6.07) is 6.05. The van der Waals surface area contributed by atoms with Gasteiger partial charge in [-0.05, 0) is 25.3 Å². The molecule has 1 saturated heterocycles. The molecule has 0 saturated carbocycles. The van der Waals surface area contributed by atoms with Crippen LogP contribution in [0.5, 0.6) is 0 Å². The predicted molar refractivity (Wildman–Crippen MR) is 80.1 cm³/mol. The van der Waals surface area contributed by atoms with Gasteiger partial charge in [-0.15, -0.1) is 0 Å². The highest BCUT2D eigenvalue weighted by Crippen LogP contribution is 2.19. The molecular weight excluding hydrogens is 270 g/mol. The number of non-ortho nitro benzene ring substituents is 1. The Morgan fingerprint density at radius 1 is 1.29 bits per heavy atom. The molecule has 1 aliphatic heterocycles. The van der Waals surface area contributed by atoms with Crippen molar-refractivity contribution in [1.82, 2.24) is 10.2 Å². The van der Waals surface area contributed by atoms with Gasteiger partial charge < -0.3 is 10.2 Å². The van der Waals surface area contributed by atoms with Gasteiger partial charge in [0, 0.05) is 25.2 Å². The molecule has 114 valence electrons. The largest absolute Gasteiger partial charge is 0.331 e. The number of hydrogen-bond acceptors (Lipinski definition) is 3. The van der Waals surface area contributed by atoms with Crippen molar-refractivity contribution in [2.45, 2.75) is 38.6 Å². The molecule has 0 spiro atoms.